The van der Waals surface area contributed by atoms with Crippen LogP contribution in [0.3, 0.4) is 0 Å². The lowest BCUT2D eigenvalue weighted by atomic mass is 10.0. The van der Waals surface area contributed by atoms with Gasteiger partial charge in [-0.3, -0.25) is 9.78 Å². The fourth-order valence-corrected chi connectivity index (χ4v) is 6.06. The number of carbonyl (C=O) groups is 1. The van der Waals surface area contributed by atoms with Gasteiger partial charge in [0.2, 0.25) is 5.91 Å². The van der Waals surface area contributed by atoms with Crippen molar-refractivity contribution in [2.75, 3.05) is 56.7 Å². The van der Waals surface area contributed by atoms with Gasteiger partial charge in [0.1, 0.15) is 11.5 Å². The maximum absolute atomic E-state index is 13.8. The van der Waals surface area contributed by atoms with Crippen molar-refractivity contribution in [3.63, 3.8) is 0 Å². The van der Waals surface area contributed by atoms with Crippen molar-refractivity contribution in [1.29, 1.82) is 0 Å². The van der Waals surface area contributed by atoms with E-state index < -0.39 is 6.43 Å². The largest absolute Gasteiger partial charge is 0.378 e. The van der Waals surface area contributed by atoms with Crippen molar-refractivity contribution in [3.8, 4) is 11.4 Å². The summed E-state index contributed by atoms with van der Waals surface area (Å²) >= 11 is 0. The second kappa shape index (κ2) is 9.16. The van der Waals surface area contributed by atoms with Crippen LogP contribution in [0.25, 0.3) is 27.8 Å². The van der Waals surface area contributed by atoms with Crippen LogP contribution in [-0.4, -0.2) is 81.8 Å². The molecule has 1 N–H and O–H groups in total. The van der Waals surface area contributed by atoms with Gasteiger partial charge in [-0.15, -0.1) is 5.10 Å². The van der Waals surface area contributed by atoms with Crippen molar-refractivity contribution in [3.05, 3.63) is 42.5 Å². The lowest BCUT2D eigenvalue weighted by Gasteiger charge is -2.28. The summed E-state index contributed by atoms with van der Waals surface area (Å²) in [5.41, 5.74) is 1.79. The number of likely N-dealkylation sites (tertiary alicyclic amines) is 1. The van der Waals surface area contributed by atoms with Crippen LogP contribution in [0.4, 0.5) is 20.3 Å². The molecule has 0 unspecified atom stereocenters. The monoisotopic (exact) mass is 534 g/mol. The van der Waals surface area contributed by atoms with E-state index in [0.717, 1.165) is 44.7 Å². The van der Waals surface area contributed by atoms with Gasteiger partial charge in [0, 0.05) is 54.3 Å². The Balaban J connectivity index is 1.23. The van der Waals surface area contributed by atoms with E-state index in [1.54, 1.807) is 10.6 Å². The molecule has 1 saturated carbocycles. The molecule has 12 heteroatoms. The number of nitrogens with zero attached hydrogens (tertiary/aromatic N) is 7. The van der Waals surface area contributed by atoms with Gasteiger partial charge in [0.15, 0.2) is 11.5 Å². The zero-order valence-corrected chi connectivity index (χ0v) is 21.5. The molecule has 2 atom stereocenters. The number of halogens is 2. The van der Waals surface area contributed by atoms with E-state index in [9.17, 15) is 13.6 Å². The van der Waals surface area contributed by atoms with Gasteiger partial charge in [0.25, 0.3) is 6.43 Å². The van der Waals surface area contributed by atoms with E-state index in [0.29, 0.717) is 41.5 Å². The lowest BCUT2D eigenvalue weighted by Crippen LogP contribution is -2.36. The van der Waals surface area contributed by atoms with Crippen LogP contribution in [0, 0.1) is 11.3 Å². The van der Waals surface area contributed by atoms with Crippen LogP contribution in [0.5, 0.6) is 0 Å². The zero-order valence-electron chi connectivity index (χ0n) is 21.5. The smallest absolute Gasteiger partial charge is 0.281 e. The summed E-state index contributed by atoms with van der Waals surface area (Å²) in [5, 5.41) is 8.24. The van der Waals surface area contributed by atoms with Crippen molar-refractivity contribution < 1.29 is 18.3 Å². The van der Waals surface area contributed by atoms with E-state index in [2.05, 4.69) is 42.2 Å². The first kappa shape index (κ1) is 24.3. The third-order valence-corrected chi connectivity index (χ3v) is 8.28. The molecule has 10 nitrogen and oxygen atoms in total. The zero-order chi connectivity index (χ0) is 26.7. The molecule has 0 radical (unpaired) electrons. The number of pyridine rings is 3. The molecule has 1 amide bonds. The summed E-state index contributed by atoms with van der Waals surface area (Å²) < 4.78 is 34.8. The van der Waals surface area contributed by atoms with E-state index in [-0.39, 0.29) is 28.3 Å². The number of alkyl halides is 2. The Hall–Kier alpha value is -3.77. The van der Waals surface area contributed by atoms with Crippen LogP contribution in [-0.2, 0) is 9.53 Å². The number of ether oxygens (including phenoxy) is 1. The van der Waals surface area contributed by atoms with Gasteiger partial charge in [0.05, 0.1) is 25.1 Å². The van der Waals surface area contributed by atoms with E-state index in [4.69, 9.17) is 4.74 Å². The summed E-state index contributed by atoms with van der Waals surface area (Å²) in [4.78, 5) is 30.5. The third-order valence-electron chi connectivity index (χ3n) is 8.28. The third kappa shape index (κ3) is 4.27. The van der Waals surface area contributed by atoms with Crippen LogP contribution >= 0.6 is 0 Å². The second-order valence-corrected chi connectivity index (χ2v) is 10.8. The van der Waals surface area contributed by atoms with Gasteiger partial charge >= 0.3 is 0 Å². The first-order valence-corrected chi connectivity index (χ1v) is 13.2. The minimum atomic E-state index is -2.78. The van der Waals surface area contributed by atoms with Crippen LogP contribution in [0.2, 0.25) is 0 Å². The van der Waals surface area contributed by atoms with Crippen molar-refractivity contribution >= 4 is 33.8 Å². The predicted octanol–water partition coefficient (Wildman–Crippen LogP) is 3.39. The molecular weight excluding hydrogens is 506 g/mol. The number of hydrogen-bond acceptors (Lipinski definition) is 8. The Bertz CT molecular complexity index is 1590. The Kier molecular flexibility index (Phi) is 5.70. The normalized spacial score (nSPS) is 23.4. The number of fused-ring (bicyclic) bond motifs is 2. The maximum atomic E-state index is 13.8. The molecule has 6 heterocycles. The van der Waals surface area contributed by atoms with E-state index >= 15 is 0 Å². The highest BCUT2D eigenvalue weighted by Gasteiger charge is 2.60. The van der Waals surface area contributed by atoms with Gasteiger partial charge in [-0.25, -0.2) is 23.3 Å². The molecule has 202 valence electrons. The number of hydrogen-bond donors (Lipinski definition) is 1. The molecule has 4 aromatic rings. The number of rotatable bonds is 5. The molecule has 2 saturated heterocycles. The average Bonchev–Trinajstić information content (AvgIpc) is 3.27. The van der Waals surface area contributed by atoms with Crippen LogP contribution in [0.1, 0.15) is 25.0 Å². The number of anilines is 2. The SMILES string of the molecule is CN1CC[C@]2(C[C@@H]2C(=O)Nc2cc3c(-c4nc5ccc(N6CCOCC6)cn5n4)cnc(C(F)F)c3cn2)C1. The van der Waals surface area contributed by atoms with E-state index in [1.807, 2.05) is 18.3 Å². The number of aromatic nitrogens is 5. The number of carbonyl (C=O) groups excluding carboxylic acids is 1. The molecule has 0 bridgehead atoms. The van der Waals surface area contributed by atoms with Crippen LogP contribution in [0.15, 0.2) is 36.8 Å². The van der Waals surface area contributed by atoms with Gasteiger partial charge in [-0.2, -0.15) is 0 Å². The quantitative estimate of drug-likeness (QED) is 0.416. The molecule has 7 rings (SSSR count). The first-order valence-electron chi connectivity index (χ1n) is 13.2. The number of nitrogens with one attached hydrogen (secondary N) is 1. The molecular formula is C27H28F2N8O2. The molecule has 39 heavy (non-hydrogen) atoms. The fourth-order valence-electron chi connectivity index (χ4n) is 6.06. The number of amides is 1. The fraction of sp³-hybridized carbons (Fsp3) is 0.444. The molecule has 3 aliphatic rings. The van der Waals surface area contributed by atoms with Crippen molar-refractivity contribution in [1.82, 2.24) is 29.5 Å². The summed E-state index contributed by atoms with van der Waals surface area (Å²) in [7, 11) is 2.07. The molecule has 4 aromatic heterocycles. The van der Waals surface area contributed by atoms with E-state index in [1.165, 1.54) is 12.4 Å². The minimum Gasteiger partial charge on any atom is -0.378 e. The molecule has 1 spiro atoms. The molecule has 1 aliphatic carbocycles. The first-order chi connectivity index (χ1) is 18.9. The minimum absolute atomic E-state index is 0.0497. The predicted molar refractivity (Wildman–Crippen MR) is 141 cm³/mol. The summed E-state index contributed by atoms with van der Waals surface area (Å²) in [6.07, 6.45) is 3.71. The van der Waals surface area contributed by atoms with Gasteiger partial charge in [-0.1, -0.05) is 0 Å². The Morgan fingerprint density at radius 1 is 1.15 bits per heavy atom. The van der Waals surface area contributed by atoms with Crippen LogP contribution < -0.4 is 10.2 Å². The highest BCUT2D eigenvalue weighted by molar-refractivity contribution is 6.00. The topological polar surface area (TPSA) is 101 Å². The highest BCUT2D eigenvalue weighted by atomic mass is 19.3. The standard InChI is InChI=1S/C27H28F2N8O2/c1-35-5-4-27(15-35)11-20(27)26(38)32-21-10-17-18(12-30-21)23(24(28)29)31-13-19(17)25-33-22-3-2-16(14-37(22)34-25)36-6-8-39-9-7-36/h2-3,10,12-14,20,24H,4-9,11,15H2,1H3,(H,30,32,38)/t20-,27+/m1/s1. The molecule has 0 aromatic carbocycles. The Morgan fingerprint density at radius 3 is 2.77 bits per heavy atom. The van der Waals surface area contributed by atoms with Crippen molar-refractivity contribution in [2.24, 2.45) is 11.3 Å². The summed E-state index contributed by atoms with van der Waals surface area (Å²) in [5.74, 6) is 0.524. The summed E-state index contributed by atoms with van der Waals surface area (Å²) in [6, 6.07) is 5.49. The Morgan fingerprint density at radius 2 is 2.00 bits per heavy atom. The highest BCUT2D eigenvalue weighted by Crippen LogP contribution is 2.58. The average molecular weight is 535 g/mol. The lowest BCUT2D eigenvalue weighted by molar-refractivity contribution is -0.118. The van der Waals surface area contributed by atoms with Crippen molar-refractivity contribution in [2.45, 2.75) is 19.3 Å². The molecule has 2 aliphatic heterocycles. The molecule has 3 fully saturated rings. The van der Waals surface area contributed by atoms with Gasteiger partial charge < -0.3 is 19.9 Å². The Labute approximate surface area is 223 Å². The maximum Gasteiger partial charge on any atom is 0.281 e. The second-order valence-electron chi connectivity index (χ2n) is 10.8. The number of morpholine rings is 1. The van der Waals surface area contributed by atoms with Gasteiger partial charge in [-0.05, 0) is 50.0 Å². The summed E-state index contributed by atoms with van der Waals surface area (Å²) in [6.45, 7) is 4.82.